The molecule has 0 amide bonds. The molecule has 0 aromatic rings. The number of rotatable bonds is 7. The van der Waals surface area contributed by atoms with Crippen molar-refractivity contribution in [1.82, 2.24) is 5.32 Å². The molecular formula is C10H21NO3. The Morgan fingerprint density at radius 1 is 1.50 bits per heavy atom. The van der Waals surface area contributed by atoms with Crippen LogP contribution in [0.4, 0.5) is 0 Å². The number of esters is 1. The topological polar surface area (TPSA) is 58.6 Å². The van der Waals surface area contributed by atoms with Gasteiger partial charge in [0.05, 0.1) is 19.1 Å². The zero-order valence-electron chi connectivity index (χ0n) is 9.25. The third kappa shape index (κ3) is 6.86. The SMILES string of the molecule is CCOC(=O)CC(C)NCC(O)CC. The Morgan fingerprint density at radius 3 is 2.64 bits per heavy atom. The summed E-state index contributed by atoms with van der Waals surface area (Å²) >= 11 is 0. The van der Waals surface area contributed by atoms with Crippen molar-refractivity contribution in [2.75, 3.05) is 13.2 Å². The van der Waals surface area contributed by atoms with Gasteiger partial charge in [-0.15, -0.1) is 0 Å². The summed E-state index contributed by atoms with van der Waals surface area (Å²) in [5.41, 5.74) is 0. The molecule has 0 saturated carbocycles. The standard InChI is InChI=1S/C10H21NO3/c1-4-9(12)7-11-8(3)6-10(13)14-5-2/h8-9,11-12H,4-7H2,1-3H3. The first-order valence-corrected chi connectivity index (χ1v) is 5.17. The van der Waals surface area contributed by atoms with E-state index < -0.39 is 0 Å². The molecule has 0 fully saturated rings. The second-order valence-electron chi connectivity index (χ2n) is 3.38. The molecule has 2 N–H and O–H groups in total. The minimum atomic E-state index is -0.334. The predicted octanol–water partition coefficient (Wildman–Crippen LogP) is 0.689. The van der Waals surface area contributed by atoms with Crippen LogP contribution in [0, 0.1) is 0 Å². The smallest absolute Gasteiger partial charge is 0.307 e. The van der Waals surface area contributed by atoms with Crippen LogP contribution >= 0.6 is 0 Å². The molecule has 2 unspecified atom stereocenters. The van der Waals surface area contributed by atoms with Crippen LogP contribution in [0.1, 0.15) is 33.6 Å². The molecule has 0 aliphatic heterocycles. The van der Waals surface area contributed by atoms with E-state index in [1.807, 2.05) is 13.8 Å². The minimum Gasteiger partial charge on any atom is -0.466 e. The quantitative estimate of drug-likeness (QED) is 0.598. The Kier molecular flexibility index (Phi) is 7.42. The molecule has 0 rings (SSSR count). The van der Waals surface area contributed by atoms with Crippen molar-refractivity contribution >= 4 is 5.97 Å². The molecule has 0 radical (unpaired) electrons. The van der Waals surface area contributed by atoms with Crippen molar-refractivity contribution in [2.45, 2.75) is 45.8 Å². The van der Waals surface area contributed by atoms with Gasteiger partial charge in [0.25, 0.3) is 0 Å². The number of hydrogen-bond acceptors (Lipinski definition) is 4. The maximum absolute atomic E-state index is 11.0. The Morgan fingerprint density at radius 2 is 2.14 bits per heavy atom. The Labute approximate surface area is 85.6 Å². The molecule has 0 aromatic heterocycles. The van der Waals surface area contributed by atoms with Crippen LogP contribution in [0.3, 0.4) is 0 Å². The highest BCUT2D eigenvalue weighted by atomic mass is 16.5. The lowest BCUT2D eigenvalue weighted by Gasteiger charge is -2.15. The predicted molar refractivity (Wildman–Crippen MR) is 55.0 cm³/mol. The fourth-order valence-electron chi connectivity index (χ4n) is 1.02. The summed E-state index contributed by atoms with van der Waals surface area (Å²) in [6, 6.07) is 0.0512. The summed E-state index contributed by atoms with van der Waals surface area (Å²) in [6.45, 7) is 6.55. The van der Waals surface area contributed by atoms with Gasteiger partial charge in [0.1, 0.15) is 0 Å². The molecule has 0 aliphatic rings. The first-order chi connectivity index (χ1) is 6.60. The first-order valence-electron chi connectivity index (χ1n) is 5.17. The normalized spacial score (nSPS) is 14.9. The fourth-order valence-corrected chi connectivity index (χ4v) is 1.02. The van der Waals surface area contributed by atoms with E-state index in [2.05, 4.69) is 5.32 Å². The summed E-state index contributed by atoms with van der Waals surface area (Å²) in [4.78, 5) is 11.0. The van der Waals surface area contributed by atoms with Gasteiger partial charge < -0.3 is 15.2 Å². The minimum absolute atomic E-state index is 0.0512. The Hall–Kier alpha value is -0.610. The Bertz CT molecular complexity index is 161. The highest BCUT2D eigenvalue weighted by molar-refractivity contribution is 5.69. The second-order valence-corrected chi connectivity index (χ2v) is 3.38. The van der Waals surface area contributed by atoms with Gasteiger partial charge in [0.2, 0.25) is 0 Å². The maximum atomic E-state index is 11.0. The van der Waals surface area contributed by atoms with Crippen LogP contribution in [-0.4, -0.2) is 36.4 Å². The van der Waals surface area contributed by atoms with Crippen molar-refractivity contribution in [1.29, 1.82) is 0 Å². The summed E-state index contributed by atoms with van der Waals surface area (Å²) in [6.07, 6.45) is 0.739. The summed E-state index contributed by atoms with van der Waals surface area (Å²) in [5.74, 6) is -0.196. The lowest BCUT2D eigenvalue weighted by molar-refractivity contribution is -0.143. The molecule has 0 bridgehead atoms. The van der Waals surface area contributed by atoms with Crippen LogP contribution in [0.15, 0.2) is 0 Å². The van der Waals surface area contributed by atoms with Gasteiger partial charge >= 0.3 is 5.97 Å². The van der Waals surface area contributed by atoms with Gasteiger partial charge in [-0.2, -0.15) is 0 Å². The molecule has 84 valence electrons. The molecule has 14 heavy (non-hydrogen) atoms. The fraction of sp³-hybridized carbons (Fsp3) is 0.900. The average molecular weight is 203 g/mol. The second kappa shape index (κ2) is 7.76. The highest BCUT2D eigenvalue weighted by Gasteiger charge is 2.10. The third-order valence-electron chi connectivity index (χ3n) is 1.95. The largest absolute Gasteiger partial charge is 0.466 e. The van der Waals surface area contributed by atoms with Crippen LogP contribution in [-0.2, 0) is 9.53 Å². The van der Waals surface area contributed by atoms with Crippen molar-refractivity contribution in [3.63, 3.8) is 0 Å². The number of aliphatic hydroxyl groups is 1. The molecule has 2 atom stereocenters. The maximum Gasteiger partial charge on any atom is 0.307 e. The van der Waals surface area contributed by atoms with E-state index in [9.17, 15) is 9.90 Å². The highest BCUT2D eigenvalue weighted by Crippen LogP contribution is 1.95. The van der Waals surface area contributed by atoms with Crippen LogP contribution < -0.4 is 5.32 Å². The molecule has 0 aromatic carbocycles. The lowest BCUT2D eigenvalue weighted by atomic mass is 10.2. The monoisotopic (exact) mass is 203 g/mol. The van der Waals surface area contributed by atoms with Gasteiger partial charge in [-0.3, -0.25) is 4.79 Å². The van der Waals surface area contributed by atoms with Crippen molar-refractivity contribution in [3.05, 3.63) is 0 Å². The molecule has 4 heteroatoms. The Balaban J connectivity index is 3.54. The first kappa shape index (κ1) is 13.4. The average Bonchev–Trinajstić information content (AvgIpc) is 2.14. The van der Waals surface area contributed by atoms with Gasteiger partial charge in [-0.1, -0.05) is 6.92 Å². The molecular weight excluding hydrogens is 182 g/mol. The molecule has 0 heterocycles. The lowest BCUT2D eigenvalue weighted by Crippen LogP contribution is -2.35. The van der Waals surface area contributed by atoms with Gasteiger partial charge in [0.15, 0.2) is 0 Å². The summed E-state index contributed by atoms with van der Waals surface area (Å²) in [5, 5.41) is 12.3. The van der Waals surface area contributed by atoms with E-state index in [-0.39, 0.29) is 18.1 Å². The number of nitrogens with one attached hydrogen (secondary N) is 1. The van der Waals surface area contributed by atoms with Gasteiger partial charge in [-0.05, 0) is 20.3 Å². The zero-order chi connectivity index (χ0) is 11.0. The summed E-state index contributed by atoms with van der Waals surface area (Å²) < 4.78 is 4.80. The van der Waals surface area contributed by atoms with Gasteiger partial charge in [0, 0.05) is 12.6 Å². The van der Waals surface area contributed by atoms with E-state index in [1.54, 1.807) is 6.92 Å². The zero-order valence-corrected chi connectivity index (χ0v) is 9.25. The van der Waals surface area contributed by atoms with E-state index >= 15 is 0 Å². The van der Waals surface area contributed by atoms with E-state index in [4.69, 9.17) is 4.74 Å². The number of hydrogen-bond donors (Lipinski definition) is 2. The van der Waals surface area contributed by atoms with Gasteiger partial charge in [-0.25, -0.2) is 0 Å². The van der Waals surface area contributed by atoms with Crippen LogP contribution in [0.5, 0.6) is 0 Å². The van der Waals surface area contributed by atoms with Crippen molar-refractivity contribution in [3.8, 4) is 0 Å². The van der Waals surface area contributed by atoms with E-state index in [0.717, 1.165) is 6.42 Å². The molecule has 4 nitrogen and oxygen atoms in total. The molecule has 0 saturated heterocycles. The number of aliphatic hydroxyl groups excluding tert-OH is 1. The third-order valence-corrected chi connectivity index (χ3v) is 1.95. The van der Waals surface area contributed by atoms with E-state index in [1.165, 1.54) is 0 Å². The van der Waals surface area contributed by atoms with E-state index in [0.29, 0.717) is 19.6 Å². The van der Waals surface area contributed by atoms with Crippen molar-refractivity contribution < 1.29 is 14.6 Å². The molecule has 0 spiro atoms. The number of ether oxygens (including phenoxy) is 1. The number of carbonyl (C=O) groups excluding carboxylic acids is 1. The van der Waals surface area contributed by atoms with Crippen molar-refractivity contribution in [2.24, 2.45) is 0 Å². The number of carbonyl (C=O) groups is 1. The summed E-state index contributed by atoms with van der Waals surface area (Å²) in [7, 11) is 0. The van der Waals surface area contributed by atoms with Crippen LogP contribution in [0.25, 0.3) is 0 Å². The van der Waals surface area contributed by atoms with Crippen LogP contribution in [0.2, 0.25) is 0 Å². The molecule has 0 aliphatic carbocycles.